The third-order valence-electron chi connectivity index (χ3n) is 2.63. The van der Waals surface area contributed by atoms with Gasteiger partial charge in [0, 0.05) is 5.71 Å². The lowest BCUT2D eigenvalue weighted by molar-refractivity contribution is -0.255. The Morgan fingerprint density at radius 1 is 1.19 bits per heavy atom. The van der Waals surface area contributed by atoms with Crippen LogP contribution in [0.1, 0.15) is 50.0 Å². The molecule has 0 fully saturated rings. The highest BCUT2D eigenvalue weighted by molar-refractivity contribution is 6.46. The van der Waals surface area contributed by atoms with Crippen LogP contribution in [0.3, 0.4) is 0 Å². The highest BCUT2D eigenvalue weighted by Gasteiger charge is 2.17. The molecule has 0 saturated carbocycles. The van der Waals surface area contributed by atoms with Crippen LogP contribution in [-0.4, -0.2) is 16.7 Å². The topological polar surface area (TPSA) is 77.4 Å². The van der Waals surface area contributed by atoms with E-state index in [9.17, 15) is 9.90 Å². The number of hydrazone groups is 1. The number of hydrogen-bond donors (Lipinski definition) is 1. The summed E-state index contributed by atoms with van der Waals surface area (Å²) < 4.78 is 0. The smallest absolute Gasteiger partial charge is 0.150 e. The predicted octanol–water partition coefficient (Wildman–Crippen LogP) is 3.77. The van der Waals surface area contributed by atoms with Crippen LogP contribution in [0, 0.1) is 0 Å². The summed E-state index contributed by atoms with van der Waals surface area (Å²) in [7, 11) is 0. The second-order valence-corrected chi connectivity index (χ2v) is 5.45. The second kappa shape index (κ2) is 8.41. The average Bonchev–Trinajstić information content (AvgIpc) is 2.42. The Hall–Kier alpha value is -1.04. The van der Waals surface area contributed by atoms with Gasteiger partial charge in [0.05, 0.1) is 16.7 Å². The molecule has 1 aromatic heterocycles. The molecule has 0 saturated heterocycles. The van der Waals surface area contributed by atoms with Crippen molar-refractivity contribution in [2.24, 2.45) is 5.10 Å². The summed E-state index contributed by atoms with van der Waals surface area (Å²) in [4.78, 5) is 14.5. The molecule has 116 valence electrons. The van der Waals surface area contributed by atoms with E-state index in [1.165, 1.54) is 0 Å². The van der Waals surface area contributed by atoms with Crippen LogP contribution in [0.15, 0.2) is 5.10 Å². The maximum atomic E-state index is 11.0. The molecule has 0 aromatic carbocycles. The van der Waals surface area contributed by atoms with Crippen molar-refractivity contribution in [3.8, 4) is 0 Å². The van der Waals surface area contributed by atoms with Gasteiger partial charge in [-0.2, -0.15) is 5.10 Å². The van der Waals surface area contributed by atoms with Gasteiger partial charge in [0.25, 0.3) is 0 Å². The van der Waals surface area contributed by atoms with Gasteiger partial charge in [0.1, 0.15) is 10.7 Å². The highest BCUT2D eigenvalue weighted by Crippen LogP contribution is 2.36. The number of rotatable bonds is 7. The van der Waals surface area contributed by atoms with Crippen LogP contribution in [0.5, 0.6) is 0 Å². The number of aromatic nitrogens is 1. The number of anilines is 1. The SMILES string of the molecule is CCCC(CCC)=NNc1c(Cl)c(Cl)nc(C(=O)[O-])c1Cl. The Labute approximate surface area is 138 Å². The van der Waals surface area contributed by atoms with E-state index in [4.69, 9.17) is 34.8 Å². The molecule has 0 bridgehead atoms. The summed E-state index contributed by atoms with van der Waals surface area (Å²) in [5.41, 5.74) is 3.27. The number of pyridine rings is 1. The molecule has 1 heterocycles. The van der Waals surface area contributed by atoms with E-state index in [1.807, 2.05) is 13.8 Å². The first-order valence-electron chi connectivity index (χ1n) is 6.49. The fraction of sp³-hybridized carbons (Fsp3) is 0.462. The van der Waals surface area contributed by atoms with E-state index >= 15 is 0 Å². The molecule has 1 aromatic rings. The normalized spacial score (nSPS) is 10.3. The van der Waals surface area contributed by atoms with Gasteiger partial charge in [-0.25, -0.2) is 4.98 Å². The molecular formula is C13H15Cl3N3O2-. The van der Waals surface area contributed by atoms with Gasteiger partial charge in [-0.15, -0.1) is 0 Å². The van der Waals surface area contributed by atoms with E-state index in [2.05, 4.69) is 15.5 Å². The summed E-state index contributed by atoms with van der Waals surface area (Å²) in [6.07, 6.45) is 3.54. The fourth-order valence-electron chi connectivity index (χ4n) is 1.70. The Morgan fingerprint density at radius 3 is 2.24 bits per heavy atom. The van der Waals surface area contributed by atoms with Crippen LogP contribution in [0.4, 0.5) is 5.69 Å². The zero-order chi connectivity index (χ0) is 16.0. The summed E-state index contributed by atoms with van der Waals surface area (Å²) in [6.45, 7) is 4.09. The number of aromatic carboxylic acids is 1. The summed E-state index contributed by atoms with van der Waals surface area (Å²) >= 11 is 17.7. The number of carboxylic acid groups (broad SMARTS) is 1. The molecule has 0 unspecified atom stereocenters. The quantitative estimate of drug-likeness (QED) is 0.461. The molecule has 0 aliphatic carbocycles. The van der Waals surface area contributed by atoms with E-state index in [0.29, 0.717) is 0 Å². The van der Waals surface area contributed by atoms with Gasteiger partial charge in [-0.1, -0.05) is 61.5 Å². The highest BCUT2D eigenvalue weighted by atomic mass is 35.5. The maximum absolute atomic E-state index is 11.0. The van der Waals surface area contributed by atoms with Crippen LogP contribution >= 0.6 is 34.8 Å². The van der Waals surface area contributed by atoms with Crippen molar-refractivity contribution >= 4 is 52.2 Å². The van der Waals surface area contributed by atoms with Crippen molar-refractivity contribution in [3.05, 3.63) is 20.9 Å². The van der Waals surface area contributed by atoms with Crippen LogP contribution in [0.25, 0.3) is 0 Å². The van der Waals surface area contributed by atoms with Gasteiger partial charge in [0.2, 0.25) is 0 Å². The number of carbonyl (C=O) groups is 1. The molecule has 0 radical (unpaired) electrons. The van der Waals surface area contributed by atoms with Crippen molar-refractivity contribution in [3.63, 3.8) is 0 Å². The molecule has 5 nitrogen and oxygen atoms in total. The van der Waals surface area contributed by atoms with Gasteiger partial charge in [0.15, 0.2) is 5.15 Å². The lowest BCUT2D eigenvalue weighted by Crippen LogP contribution is -2.24. The van der Waals surface area contributed by atoms with Gasteiger partial charge < -0.3 is 9.90 Å². The van der Waals surface area contributed by atoms with Crippen molar-refractivity contribution in [2.75, 3.05) is 5.43 Å². The lowest BCUT2D eigenvalue weighted by Gasteiger charge is -2.13. The van der Waals surface area contributed by atoms with Crippen molar-refractivity contribution < 1.29 is 9.90 Å². The number of hydrogen-bond acceptors (Lipinski definition) is 5. The number of carbonyl (C=O) groups excluding carboxylic acids is 1. The van der Waals surface area contributed by atoms with Crippen molar-refractivity contribution in [2.45, 2.75) is 39.5 Å². The second-order valence-electron chi connectivity index (χ2n) is 4.33. The monoisotopic (exact) mass is 350 g/mol. The number of carboxylic acids is 1. The molecule has 1 N–H and O–H groups in total. The largest absolute Gasteiger partial charge is 0.543 e. The third-order valence-corrected chi connectivity index (χ3v) is 3.74. The van der Waals surface area contributed by atoms with E-state index in [0.717, 1.165) is 31.4 Å². The molecule has 0 atom stereocenters. The van der Waals surface area contributed by atoms with Gasteiger partial charge in [-0.05, 0) is 12.8 Å². The third kappa shape index (κ3) is 4.73. The number of halogens is 3. The predicted molar refractivity (Wildman–Crippen MR) is 84.5 cm³/mol. The van der Waals surface area contributed by atoms with Gasteiger partial charge >= 0.3 is 0 Å². The minimum absolute atomic E-state index is 0.0164. The molecule has 0 amide bonds. The molecule has 0 spiro atoms. The van der Waals surface area contributed by atoms with Crippen LogP contribution < -0.4 is 10.5 Å². The number of nitrogens with one attached hydrogen (secondary N) is 1. The van der Waals surface area contributed by atoms with Crippen molar-refractivity contribution in [1.82, 2.24) is 4.98 Å². The maximum Gasteiger partial charge on any atom is 0.150 e. The molecule has 21 heavy (non-hydrogen) atoms. The summed E-state index contributed by atoms with van der Waals surface area (Å²) in [5.74, 6) is -1.53. The van der Waals surface area contributed by atoms with Crippen molar-refractivity contribution in [1.29, 1.82) is 0 Å². The fourth-order valence-corrected chi connectivity index (χ4v) is 2.36. The summed E-state index contributed by atoms with van der Waals surface area (Å²) in [5, 5.41) is 14.9. The lowest BCUT2D eigenvalue weighted by atomic mass is 10.1. The number of nitrogens with zero attached hydrogens (tertiary/aromatic N) is 2. The van der Waals surface area contributed by atoms with Gasteiger partial charge in [-0.3, -0.25) is 5.43 Å². The zero-order valence-corrected chi connectivity index (χ0v) is 13.9. The molecule has 0 aliphatic heterocycles. The zero-order valence-electron chi connectivity index (χ0n) is 11.7. The first-order valence-corrected chi connectivity index (χ1v) is 7.62. The van der Waals surface area contributed by atoms with E-state index in [-0.39, 0.29) is 20.9 Å². The Bertz CT molecular complexity index is 554. The Balaban J connectivity index is 3.17. The standard InChI is InChI=1S/C13H16Cl3N3O2/c1-3-5-7(6-4-2)18-19-10-8(14)11(13(20)21)17-12(16)9(10)15/h3-6H2,1-2H3,(H,17,19)(H,20,21)/p-1. The first kappa shape index (κ1) is 18.0. The van der Waals surface area contributed by atoms with E-state index in [1.54, 1.807) is 0 Å². The average molecular weight is 352 g/mol. The molecule has 0 aliphatic rings. The first-order chi connectivity index (χ1) is 9.92. The van der Waals surface area contributed by atoms with E-state index < -0.39 is 11.7 Å². The summed E-state index contributed by atoms with van der Waals surface area (Å²) in [6, 6.07) is 0. The minimum atomic E-state index is -1.53. The van der Waals surface area contributed by atoms with Crippen LogP contribution in [-0.2, 0) is 0 Å². The molecular weight excluding hydrogens is 337 g/mol. The van der Waals surface area contributed by atoms with Crippen LogP contribution in [0.2, 0.25) is 15.2 Å². The molecule has 8 heteroatoms. The Kier molecular flexibility index (Phi) is 7.22. The molecule has 1 rings (SSSR count). The Morgan fingerprint density at radius 2 is 1.76 bits per heavy atom. The minimum Gasteiger partial charge on any atom is -0.543 e.